The van der Waals surface area contributed by atoms with E-state index in [0.717, 1.165) is 19.3 Å². The summed E-state index contributed by atoms with van der Waals surface area (Å²) in [5.41, 5.74) is 5.84. The topological polar surface area (TPSA) is 74.2 Å². The van der Waals surface area contributed by atoms with Crippen LogP contribution in [0.3, 0.4) is 0 Å². The van der Waals surface area contributed by atoms with Crippen molar-refractivity contribution in [3.63, 3.8) is 0 Å². The Labute approximate surface area is 95.3 Å². The predicted molar refractivity (Wildman–Crippen MR) is 58.8 cm³/mol. The zero-order valence-electron chi connectivity index (χ0n) is 9.85. The first kappa shape index (κ1) is 11.5. The third kappa shape index (κ3) is 2.59. The van der Waals surface area contributed by atoms with Crippen LogP contribution in [-0.4, -0.2) is 22.3 Å². The molecule has 5 heteroatoms. The Morgan fingerprint density at radius 2 is 2.31 bits per heavy atom. The molecule has 2 rings (SSSR count). The summed E-state index contributed by atoms with van der Waals surface area (Å²) in [6, 6.07) is 0.105. The summed E-state index contributed by atoms with van der Waals surface area (Å²) in [6.45, 7) is 4.11. The van der Waals surface area contributed by atoms with Crippen molar-refractivity contribution in [2.24, 2.45) is 5.73 Å². The average molecular weight is 225 g/mol. The van der Waals surface area contributed by atoms with Crippen LogP contribution < -0.4 is 5.73 Å². The summed E-state index contributed by atoms with van der Waals surface area (Å²) in [4.78, 5) is 4.33. The van der Waals surface area contributed by atoms with Gasteiger partial charge in [-0.1, -0.05) is 12.1 Å². The van der Waals surface area contributed by atoms with Crippen LogP contribution in [0.5, 0.6) is 0 Å². The van der Waals surface area contributed by atoms with E-state index in [1.165, 1.54) is 0 Å². The maximum absolute atomic E-state index is 5.84. The summed E-state index contributed by atoms with van der Waals surface area (Å²) >= 11 is 0. The highest BCUT2D eigenvalue weighted by molar-refractivity contribution is 4.94. The van der Waals surface area contributed by atoms with E-state index >= 15 is 0 Å². The van der Waals surface area contributed by atoms with Gasteiger partial charge in [-0.05, 0) is 26.2 Å². The molecule has 1 aromatic rings. The number of rotatable bonds is 4. The van der Waals surface area contributed by atoms with Gasteiger partial charge in [-0.3, -0.25) is 0 Å². The van der Waals surface area contributed by atoms with Crippen LogP contribution in [0.15, 0.2) is 4.52 Å². The number of aromatic nitrogens is 2. The molecule has 90 valence electrons. The van der Waals surface area contributed by atoms with Crippen LogP contribution in [0.25, 0.3) is 0 Å². The first-order valence-corrected chi connectivity index (χ1v) is 5.92. The molecule has 5 nitrogen and oxygen atoms in total. The molecular formula is C11H19N3O2. The van der Waals surface area contributed by atoms with Gasteiger partial charge in [-0.15, -0.1) is 0 Å². The van der Waals surface area contributed by atoms with Crippen LogP contribution in [0, 0.1) is 0 Å². The molecule has 0 amide bonds. The monoisotopic (exact) mass is 225 g/mol. The van der Waals surface area contributed by atoms with Crippen molar-refractivity contribution < 1.29 is 9.26 Å². The standard InChI is InChI=1S/C11H19N3O2/c1-3-8(12)6-10-13-11(16-14-10)9-5-4-7(2)15-9/h7-9H,3-6,12H2,1-2H3. The maximum Gasteiger partial charge on any atom is 0.255 e. The highest BCUT2D eigenvalue weighted by atomic mass is 16.5. The smallest absolute Gasteiger partial charge is 0.255 e. The summed E-state index contributed by atoms with van der Waals surface area (Å²) in [7, 11) is 0. The summed E-state index contributed by atoms with van der Waals surface area (Å²) < 4.78 is 10.9. The van der Waals surface area contributed by atoms with Crippen LogP contribution in [0.4, 0.5) is 0 Å². The molecule has 2 N–H and O–H groups in total. The molecule has 1 aromatic heterocycles. The van der Waals surface area contributed by atoms with E-state index in [2.05, 4.69) is 17.1 Å². The highest BCUT2D eigenvalue weighted by Crippen LogP contribution is 2.31. The Bertz CT molecular complexity index is 340. The van der Waals surface area contributed by atoms with Crippen molar-refractivity contribution in [2.45, 2.75) is 57.8 Å². The van der Waals surface area contributed by atoms with Gasteiger partial charge in [0.15, 0.2) is 5.82 Å². The van der Waals surface area contributed by atoms with Crippen LogP contribution in [0.2, 0.25) is 0 Å². The molecule has 1 aliphatic rings. The van der Waals surface area contributed by atoms with Crippen molar-refractivity contribution in [2.75, 3.05) is 0 Å². The molecule has 0 aliphatic carbocycles. The van der Waals surface area contributed by atoms with Crippen LogP contribution >= 0.6 is 0 Å². The van der Waals surface area contributed by atoms with Gasteiger partial charge in [-0.2, -0.15) is 4.98 Å². The Morgan fingerprint density at radius 3 is 2.94 bits per heavy atom. The molecule has 1 aliphatic heterocycles. The van der Waals surface area contributed by atoms with E-state index in [9.17, 15) is 0 Å². The minimum Gasteiger partial charge on any atom is -0.365 e. The third-order valence-corrected chi connectivity index (χ3v) is 2.96. The zero-order chi connectivity index (χ0) is 11.5. The van der Waals surface area contributed by atoms with Crippen molar-refractivity contribution in [3.05, 3.63) is 11.7 Å². The number of hydrogen-bond acceptors (Lipinski definition) is 5. The van der Waals surface area contributed by atoms with E-state index in [0.29, 0.717) is 24.2 Å². The molecule has 0 bridgehead atoms. The van der Waals surface area contributed by atoms with Gasteiger partial charge in [0.05, 0.1) is 6.10 Å². The number of nitrogens with two attached hydrogens (primary N) is 1. The van der Waals surface area contributed by atoms with Gasteiger partial charge in [0.25, 0.3) is 5.89 Å². The minimum atomic E-state index is -0.0194. The van der Waals surface area contributed by atoms with E-state index in [1.54, 1.807) is 0 Å². The van der Waals surface area contributed by atoms with Crippen molar-refractivity contribution in [3.8, 4) is 0 Å². The molecule has 2 heterocycles. The van der Waals surface area contributed by atoms with Crippen LogP contribution in [0.1, 0.15) is 50.9 Å². The van der Waals surface area contributed by atoms with E-state index in [1.807, 2.05) is 6.92 Å². The molecule has 3 atom stereocenters. The molecule has 0 aromatic carbocycles. The lowest BCUT2D eigenvalue weighted by atomic mass is 10.1. The molecule has 1 fully saturated rings. The molecule has 0 radical (unpaired) electrons. The van der Waals surface area contributed by atoms with Crippen LogP contribution in [-0.2, 0) is 11.2 Å². The molecule has 3 unspecified atom stereocenters. The van der Waals surface area contributed by atoms with Gasteiger partial charge in [0.1, 0.15) is 6.10 Å². The quantitative estimate of drug-likeness (QED) is 0.842. The molecule has 0 saturated carbocycles. The van der Waals surface area contributed by atoms with E-state index < -0.39 is 0 Å². The van der Waals surface area contributed by atoms with Gasteiger partial charge >= 0.3 is 0 Å². The number of hydrogen-bond donors (Lipinski definition) is 1. The fraction of sp³-hybridized carbons (Fsp3) is 0.818. The Kier molecular flexibility index (Phi) is 3.56. The second-order valence-corrected chi connectivity index (χ2v) is 4.43. The zero-order valence-corrected chi connectivity index (χ0v) is 9.85. The SMILES string of the molecule is CCC(N)Cc1noc(C2CCC(C)O2)n1. The number of ether oxygens (including phenoxy) is 1. The van der Waals surface area contributed by atoms with E-state index in [-0.39, 0.29) is 12.1 Å². The fourth-order valence-electron chi connectivity index (χ4n) is 1.84. The third-order valence-electron chi connectivity index (χ3n) is 2.96. The fourth-order valence-corrected chi connectivity index (χ4v) is 1.84. The van der Waals surface area contributed by atoms with Gasteiger partial charge in [-0.25, -0.2) is 0 Å². The Morgan fingerprint density at radius 1 is 1.50 bits per heavy atom. The van der Waals surface area contributed by atoms with Gasteiger partial charge in [0.2, 0.25) is 0 Å². The van der Waals surface area contributed by atoms with Crippen molar-refractivity contribution >= 4 is 0 Å². The van der Waals surface area contributed by atoms with Crippen molar-refractivity contribution in [1.82, 2.24) is 10.1 Å². The normalized spacial score (nSPS) is 27.2. The highest BCUT2D eigenvalue weighted by Gasteiger charge is 2.28. The van der Waals surface area contributed by atoms with Crippen molar-refractivity contribution in [1.29, 1.82) is 0 Å². The summed E-state index contributed by atoms with van der Waals surface area (Å²) in [5.74, 6) is 1.29. The minimum absolute atomic E-state index is 0.0194. The first-order valence-electron chi connectivity index (χ1n) is 5.92. The second-order valence-electron chi connectivity index (χ2n) is 4.43. The Balaban J connectivity index is 1.97. The van der Waals surface area contributed by atoms with E-state index in [4.69, 9.17) is 15.0 Å². The lowest BCUT2D eigenvalue weighted by Crippen LogP contribution is -2.22. The first-order chi connectivity index (χ1) is 7.69. The molecule has 16 heavy (non-hydrogen) atoms. The summed E-state index contributed by atoms with van der Waals surface area (Å²) in [6.07, 6.45) is 3.87. The molecular weight excluding hydrogens is 206 g/mol. The van der Waals surface area contributed by atoms with Gasteiger partial charge < -0.3 is 15.0 Å². The Hall–Kier alpha value is -0.940. The van der Waals surface area contributed by atoms with Gasteiger partial charge in [0, 0.05) is 12.5 Å². The predicted octanol–water partition coefficient (Wildman–Crippen LogP) is 1.59. The maximum atomic E-state index is 5.84. The lowest BCUT2D eigenvalue weighted by molar-refractivity contribution is 0.0355. The molecule has 1 saturated heterocycles. The average Bonchev–Trinajstić information content (AvgIpc) is 2.87. The second kappa shape index (κ2) is 4.93. The lowest BCUT2D eigenvalue weighted by Gasteiger charge is -2.05. The largest absolute Gasteiger partial charge is 0.365 e. The number of nitrogens with zero attached hydrogens (tertiary/aromatic N) is 2. The summed E-state index contributed by atoms with van der Waals surface area (Å²) in [5, 5.41) is 3.93. The molecule has 0 spiro atoms.